The summed E-state index contributed by atoms with van der Waals surface area (Å²) in [6.07, 6.45) is 3.73. The lowest BCUT2D eigenvalue weighted by Gasteiger charge is -2.32. The monoisotopic (exact) mass is 186 g/mol. The number of halogens is 1. The van der Waals surface area contributed by atoms with Gasteiger partial charge in [0, 0.05) is 11.9 Å². The van der Waals surface area contributed by atoms with Crippen LogP contribution in [0.5, 0.6) is 0 Å². The molecule has 3 heteroatoms. The highest BCUT2D eigenvalue weighted by atomic mass is 35.5. The molecule has 1 rings (SSSR count). The van der Waals surface area contributed by atoms with Crippen LogP contribution in [0.4, 0.5) is 0 Å². The van der Waals surface area contributed by atoms with Crippen LogP contribution in [0.3, 0.4) is 0 Å². The summed E-state index contributed by atoms with van der Waals surface area (Å²) in [5, 5.41) is 4.04. The Kier molecular flexibility index (Phi) is 2.78. The molecular formula is C9H15ClN2. The van der Waals surface area contributed by atoms with Gasteiger partial charge in [-0.05, 0) is 19.8 Å². The number of nitrogens with one attached hydrogen (secondary N) is 1. The van der Waals surface area contributed by atoms with Gasteiger partial charge in [-0.1, -0.05) is 25.4 Å². The zero-order chi connectivity index (χ0) is 9.19. The van der Waals surface area contributed by atoms with Crippen molar-refractivity contribution < 1.29 is 0 Å². The molecule has 0 aromatic carbocycles. The average Bonchev–Trinajstić information content (AvgIpc) is 2.10. The number of nitrogens with zero attached hydrogens (tertiary/aromatic N) is 1. The molecule has 0 bridgehead atoms. The summed E-state index contributed by atoms with van der Waals surface area (Å²) in [5.41, 5.74) is 0.915. The molecule has 0 aromatic rings. The zero-order valence-corrected chi connectivity index (χ0v) is 8.57. The predicted molar refractivity (Wildman–Crippen MR) is 53.5 cm³/mol. The molecule has 1 N–H and O–H groups in total. The van der Waals surface area contributed by atoms with Gasteiger partial charge in [-0.3, -0.25) is 4.99 Å². The molecule has 0 amide bonds. The summed E-state index contributed by atoms with van der Waals surface area (Å²) in [4.78, 5) is 4.40. The smallest absolute Gasteiger partial charge is 0.128 e. The van der Waals surface area contributed by atoms with Crippen molar-refractivity contribution in [3.63, 3.8) is 0 Å². The molecule has 1 aliphatic heterocycles. The molecule has 0 spiro atoms. The maximum Gasteiger partial charge on any atom is 0.128 e. The summed E-state index contributed by atoms with van der Waals surface area (Å²) >= 11 is 5.88. The second kappa shape index (κ2) is 3.48. The Hall–Kier alpha value is -0.500. The summed E-state index contributed by atoms with van der Waals surface area (Å²) in [6, 6.07) is 0. The van der Waals surface area contributed by atoms with E-state index in [0.29, 0.717) is 5.03 Å². The van der Waals surface area contributed by atoms with E-state index < -0.39 is 0 Å². The Morgan fingerprint density at radius 3 is 2.50 bits per heavy atom. The van der Waals surface area contributed by atoms with Crippen molar-refractivity contribution in [1.29, 1.82) is 0 Å². The van der Waals surface area contributed by atoms with Gasteiger partial charge in [-0.15, -0.1) is 0 Å². The maximum atomic E-state index is 5.88. The van der Waals surface area contributed by atoms with Crippen LogP contribution in [0.2, 0.25) is 0 Å². The fourth-order valence-electron chi connectivity index (χ4n) is 1.33. The van der Waals surface area contributed by atoms with Gasteiger partial charge in [0.05, 0.1) is 5.03 Å². The summed E-state index contributed by atoms with van der Waals surface area (Å²) in [5.74, 6) is 0. The number of hydrogen-bond acceptors (Lipinski definition) is 2. The van der Waals surface area contributed by atoms with Gasteiger partial charge < -0.3 is 5.32 Å². The molecule has 1 heterocycles. The van der Waals surface area contributed by atoms with Gasteiger partial charge in [-0.25, -0.2) is 0 Å². The molecule has 12 heavy (non-hydrogen) atoms. The molecule has 0 aliphatic carbocycles. The Morgan fingerprint density at radius 1 is 1.50 bits per heavy atom. The number of aliphatic imine (C=N–C) groups is 1. The van der Waals surface area contributed by atoms with E-state index in [1.54, 1.807) is 6.21 Å². The first kappa shape index (κ1) is 9.59. The van der Waals surface area contributed by atoms with Gasteiger partial charge in [-0.2, -0.15) is 0 Å². The van der Waals surface area contributed by atoms with Gasteiger partial charge in [0.2, 0.25) is 0 Å². The van der Waals surface area contributed by atoms with Crippen molar-refractivity contribution >= 4 is 17.8 Å². The van der Waals surface area contributed by atoms with Gasteiger partial charge in [0.15, 0.2) is 0 Å². The third-order valence-electron chi connectivity index (χ3n) is 2.37. The number of allylic oxidation sites excluding steroid dienone is 2. The first-order valence-corrected chi connectivity index (χ1v) is 4.71. The highest BCUT2D eigenvalue weighted by Crippen LogP contribution is 2.23. The van der Waals surface area contributed by atoms with Crippen LogP contribution in [0.25, 0.3) is 0 Å². The minimum atomic E-state index is -0.109. The van der Waals surface area contributed by atoms with Crippen LogP contribution in [0.1, 0.15) is 33.6 Å². The quantitative estimate of drug-likeness (QED) is 0.705. The fourth-order valence-corrected chi connectivity index (χ4v) is 1.42. The van der Waals surface area contributed by atoms with Crippen LogP contribution < -0.4 is 5.32 Å². The van der Waals surface area contributed by atoms with Crippen molar-refractivity contribution in [3.8, 4) is 0 Å². The summed E-state index contributed by atoms with van der Waals surface area (Å²) in [6.45, 7) is 6.23. The molecule has 0 radical (unpaired) electrons. The molecule has 0 unspecified atom stereocenters. The van der Waals surface area contributed by atoms with E-state index in [1.165, 1.54) is 0 Å². The predicted octanol–water partition coefficient (Wildman–Crippen LogP) is 2.65. The van der Waals surface area contributed by atoms with Crippen molar-refractivity contribution in [1.82, 2.24) is 5.32 Å². The van der Waals surface area contributed by atoms with Gasteiger partial charge in [0.25, 0.3) is 0 Å². The Labute approximate surface area is 78.7 Å². The molecule has 0 fully saturated rings. The fraction of sp³-hybridized carbons (Fsp3) is 0.667. The van der Waals surface area contributed by atoms with E-state index in [-0.39, 0.29) is 5.66 Å². The molecule has 1 aliphatic rings. The van der Waals surface area contributed by atoms with E-state index in [4.69, 9.17) is 11.6 Å². The lowest BCUT2D eigenvalue weighted by molar-refractivity contribution is 0.342. The third-order valence-corrected chi connectivity index (χ3v) is 2.75. The van der Waals surface area contributed by atoms with Crippen molar-refractivity contribution in [2.24, 2.45) is 4.99 Å². The summed E-state index contributed by atoms with van der Waals surface area (Å²) in [7, 11) is 0. The topological polar surface area (TPSA) is 24.4 Å². The SMILES string of the molecule is CCC1(CC)N=CC(Cl)=C(C)N1. The minimum Gasteiger partial charge on any atom is -0.364 e. The number of rotatable bonds is 2. The van der Waals surface area contributed by atoms with Gasteiger partial charge in [0.1, 0.15) is 5.66 Å². The third kappa shape index (κ3) is 1.63. The van der Waals surface area contributed by atoms with Crippen LogP contribution in [-0.2, 0) is 0 Å². The second-order valence-corrected chi connectivity index (χ2v) is 3.50. The molecule has 2 nitrogen and oxygen atoms in total. The van der Waals surface area contributed by atoms with E-state index in [0.717, 1.165) is 18.5 Å². The van der Waals surface area contributed by atoms with Crippen LogP contribution >= 0.6 is 11.6 Å². The number of hydrogen-bond donors (Lipinski definition) is 1. The van der Waals surface area contributed by atoms with Crippen LogP contribution in [0.15, 0.2) is 15.7 Å². The Balaban J connectivity index is 2.84. The molecule has 0 atom stereocenters. The summed E-state index contributed by atoms with van der Waals surface area (Å²) < 4.78 is 0. The van der Waals surface area contributed by atoms with E-state index in [9.17, 15) is 0 Å². The van der Waals surface area contributed by atoms with E-state index in [1.807, 2.05) is 6.92 Å². The van der Waals surface area contributed by atoms with Crippen LogP contribution in [-0.4, -0.2) is 11.9 Å². The van der Waals surface area contributed by atoms with Crippen molar-refractivity contribution in [2.45, 2.75) is 39.3 Å². The van der Waals surface area contributed by atoms with Crippen molar-refractivity contribution in [3.05, 3.63) is 10.7 Å². The van der Waals surface area contributed by atoms with Crippen LogP contribution in [0, 0.1) is 0 Å². The highest BCUT2D eigenvalue weighted by molar-refractivity contribution is 6.39. The maximum absolute atomic E-state index is 5.88. The minimum absolute atomic E-state index is 0.109. The molecule has 0 saturated carbocycles. The Bertz CT molecular complexity index is 227. The molecule has 0 aromatic heterocycles. The molecular weight excluding hydrogens is 172 g/mol. The zero-order valence-electron chi connectivity index (χ0n) is 7.82. The highest BCUT2D eigenvalue weighted by Gasteiger charge is 2.26. The first-order valence-electron chi connectivity index (χ1n) is 4.33. The molecule has 0 saturated heterocycles. The van der Waals surface area contributed by atoms with E-state index >= 15 is 0 Å². The molecule has 68 valence electrons. The second-order valence-electron chi connectivity index (χ2n) is 3.09. The van der Waals surface area contributed by atoms with Gasteiger partial charge >= 0.3 is 0 Å². The normalized spacial score (nSPS) is 21.0. The van der Waals surface area contributed by atoms with E-state index in [2.05, 4.69) is 24.2 Å². The standard InChI is InChI=1S/C9H15ClN2/c1-4-9(5-2)11-6-8(10)7(3)12-9/h6,12H,4-5H2,1-3H3. The lowest BCUT2D eigenvalue weighted by Crippen LogP contribution is -2.43. The van der Waals surface area contributed by atoms with Crippen molar-refractivity contribution in [2.75, 3.05) is 0 Å². The largest absolute Gasteiger partial charge is 0.364 e. The first-order chi connectivity index (χ1) is 5.63. The Morgan fingerprint density at radius 2 is 2.08 bits per heavy atom. The lowest BCUT2D eigenvalue weighted by atomic mass is 10.0. The average molecular weight is 187 g/mol.